The third kappa shape index (κ3) is 4.18. The number of aliphatic imine (C=N–C) groups is 1. The van der Waals surface area contributed by atoms with E-state index in [0.717, 1.165) is 73.4 Å². The van der Waals surface area contributed by atoms with Crippen molar-refractivity contribution in [1.82, 2.24) is 19.7 Å². The summed E-state index contributed by atoms with van der Waals surface area (Å²) in [5.74, 6) is 1.85. The molecule has 7 nitrogen and oxygen atoms in total. The highest BCUT2D eigenvalue weighted by Gasteiger charge is 2.34. The Labute approximate surface area is 198 Å². The molecule has 6 rings (SSSR count). The maximum Gasteiger partial charge on any atom is 0.160 e. The molecule has 1 fully saturated rings. The molecule has 172 valence electrons. The summed E-state index contributed by atoms with van der Waals surface area (Å²) in [5.41, 5.74) is 5.83. The molecule has 0 N–H and O–H groups in total. The monoisotopic (exact) mass is 463 g/mol. The lowest BCUT2D eigenvalue weighted by Crippen LogP contribution is -2.32. The lowest BCUT2D eigenvalue weighted by atomic mass is 9.95. The lowest BCUT2D eigenvalue weighted by molar-refractivity contribution is -0.110. The highest BCUT2D eigenvalue weighted by Crippen LogP contribution is 2.42. The Hall–Kier alpha value is -2.68. The van der Waals surface area contributed by atoms with E-state index in [9.17, 15) is 4.79 Å². The molecular formula is C25H29N5O2S. The van der Waals surface area contributed by atoms with E-state index in [0.29, 0.717) is 6.54 Å². The summed E-state index contributed by atoms with van der Waals surface area (Å²) in [4.78, 5) is 19.9. The van der Waals surface area contributed by atoms with E-state index < -0.39 is 0 Å². The smallest absolute Gasteiger partial charge is 0.160 e. The molecule has 0 spiro atoms. The van der Waals surface area contributed by atoms with Gasteiger partial charge >= 0.3 is 0 Å². The van der Waals surface area contributed by atoms with Crippen LogP contribution in [0.25, 0.3) is 5.00 Å². The molecule has 3 aromatic rings. The average Bonchev–Trinajstić information content (AvgIpc) is 3.45. The largest absolute Gasteiger partial charge is 0.379 e. The van der Waals surface area contributed by atoms with E-state index in [1.165, 1.54) is 21.6 Å². The number of carbonyl (C=O) groups is 1. The van der Waals surface area contributed by atoms with Crippen molar-refractivity contribution in [1.29, 1.82) is 0 Å². The van der Waals surface area contributed by atoms with Crippen molar-refractivity contribution in [3.05, 3.63) is 63.0 Å². The van der Waals surface area contributed by atoms with Crippen LogP contribution in [0.3, 0.4) is 0 Å². The fraction of sp³-hybridized carbons (Fsp3) is 0.440. The first kappa shape index (κ1) is 22.1. The van der Waals surface area contributed by atoms with Crippen LogP contribution >= 0.6 is 11.3 Å². The molecule has 0 saturated carbocycles. The number of hydrogen-bond acceptors (Lipinski definition) is 7. The van der Waals surface area contributed by atoms with Gasteiger partial charge in [0.05, 0.1) is 18.9 Å². The molecule has 4 heterocycles. The SMILES string of the molecule is CN1CCOCC1.Cc1ccccc1C1=NCc2nnc(C)n2-c2sc3c(c21)CC(C=O)C3. The molecule has 8 heteroatoms. The number of hydrogen-bond donors (Lipinski definition) is 0. The minimum Gasteiger partial charge on any atom is -0.379 e. The summed E-state index contributed by atoms with van der Waals surface area (Å²) in [6, 6.07) is 8.36. The van der Waals surface area contributed by atoms with Crippen LogP contribution in [0.4, 0.5) is 0 Å². The number of carbonyl (C=O) groups excluding carboxylic acids is 1. The maximum absolute atomic E-state index is 11.4. The number of aryl methyl sites for hydroxylation is 2. The number of benzene rings is 1. The number of aromatic nitrogens is 3. The van der Waals surface area contributed by atoms with Gasteiger partial charge in [-0.15, -0.1) is 21.5 Å². The number of aldehydes is 1. The number of likely N-dealkylation sites (N-methyl/N-ethyl adjacent to an activating group) is 1. The van der Waals surface area contributed by atoms with Crippen molar-refractivity contribution in [2.24, 2.45) is 10.9 Å². The maximum atomic E-state index is 11.4. The fourth-order valence-electron chi connectivity index (χ4n) is 4.66. The first-order chi connectivity index (χ1) is 16.1. The molecule has 0 bridgehead atoms. The number of rotatable bonds is 2. The van der Waals surface area contributed by atoms with Gasteiger partial charge in [0.15, 0.2) is 5.82 Å². The van der Waals surface area contributed by atoms with Crippen molar-refractivity contribution in [3.8, 4) is 5.00 Å². The third-order valence-corrected chi connectivity index (χ3v) is 7.76. The summed E-state index contributed by atoms with van der Waals surface area (Å²) in [6.07, 6.45) is 2.72. The van der Waals surface area contributed by atoms with Crippen LogP contribution in [0.15, 0.2) is 29.3 Å². The number of nitrogens with zero attached hydrogens (tertiary/aromatic N) is 5. The molecule has 2 aliphatic heterocycles. The van der Waals surface area contributed by atoms with Gasteiger partial charge in [0, 0.05) is 35.0 Å². The van der Waals surface area contributed by atoms with Gasteiger partial charge in [0.1, 0.15) is 23.7 Å². The van der Waals surface area contributed by atoms with Crippen molar-refractivity contribution in [2.75, 3.05) is 33.4 Å². The van der Waals surface area contributed by atoms with Crippen LogP contribution in [0.5, 0.6) is 0 Å². The standard InChI is InChI=1S/C20H18N4OS.C5H11NO/c1-11-5-3-4-6-14(11)19-18-15-7-13(10-25)8-16(15)26-20(18)24-12(2)22-23-17(24)9-21-19;1-6-2-4-7-5-3-6/h3-6,10,13H,7-9H2,1-2H3;2-5H2,1H3. The molecule has 2 aromatic heterocycles. The second kappa shape index (κ2) is 9.29. The van der Waals surface area contributed by atoms with Gasteiger partial charge in [-0.1, -0.05) is 24.3 Å². The Balaban J connectivity index is 0.000000281. The van der Waals surface area contributed by atoms with Crippen LogP contribution in [0.1, 0.15) is 38.8 Å². The molecule has 1 unspecified atom stereocenters. The van der Waals surface area contributed by atoms with Crippen LogP contribution in [-0.2, 0) is 28.9 Å². The second-order valence-electron chi connectivity index (χ2n) is 8.88. The summed E-state index contributed by atoms with van der Waals surface area (Å²) in [5, 5.41) is 9.75. The minimum atomic E-state index is 0.0874. The van der Waals surface area contributed by atoms with E-state index in [4.69, 9.17) is 9.73 Å². The van der Waals surface area contributed by atoms with Crippen molar-refractivity contribution < 1.29 is 9.53 Å². The molecule has 33 heavy (non-hydrogen) atoms. The van der Waals surface area contributed by atoms with E-state index in [-0.39, 0.29) is 5.92 Å². The van der Waals surface area contributed by atoms with Crippen molar-refractivity contribution >= 4 is 23.3 Å². The van der Waals surface area contributed by atoms with Crippen molar-refractivity contribution in [3.63, 3.8) is 0 Å². The Morgan fingerprint density at radius 2 is 1.91 bits per heavy atom. The predicted octanol–water partition coefficient (Wildman–Crippen LogP) is 3.16. The Morgan fingerprint density at radius 3 is 2.61 bits per heavy atom. The first-order valence-electron chi connectivity index (χ1n) is 11.4. The third-order valence-electron chi connectivity index (χ3n) is 6.52. The Morgan fingerprint density at radius 1 is 1.12 bits per heavy atom. The molecule has 0 amide bonds. The van der Waals surface area contributed by atoms with Crippen LogP contribution in [-0.4, -0.2) is 65.0 Å². The van der Waals surface area contributed by atoms with Crippen LogP contribution in [0, 0.1) is 19.8 Å². The van der Waals surface area contributed by atoms with Gasteiger partial charge in [-0.2, -0.15) is 0 Å². The quantitative estimate of drug-likeness (QED) is 0.546. The minimum absolute atomic E-state index is 0.0874. The summed E-state index contributed by atoms with van der Waals surface area (Å²) >= 11 is 1.77. The molecule has 1 saturated heterocycles. The van der Waals surface area contributed by atoms with Gasteiger partial charge < -0.3 is 14.4 Å². The Bertz CT molecular complexity index is 1210. The number of thiophene rings is 1. The van der Waals surface area contributed by atoms with Crippen LogP contribution in [0.2, 0.25) is 0 Å². The van der Waals surface area contributed by atoms with Crippen LogP contribution < -0.4 is 0 Å². The molecule has 1 atom stereocenters. The van der Waals surface area contributed by atoms with Gasteiger partial charge in [-0.25, -0.2) is 0 Å². The fourth-order valence-corrected chi connectivity index (χ4v) is 6.15. The highest BCUT2D eigenvalue weighted by atomic mass is 32.1. The van der Waals surface area contributed by atoms with Gasteiger partial charge in [0.25, 0.3) is 0 Å². The zero-order valence-electron chi connectivity index (χ0n) is 19.4. The number of fused-ring (bicyclic) bond motifs is 5. The topological polar surface area (TPSA) is 72.6 Å². The van der Waals surface area contributed by atoms with Gasteiger partial charge in [-0.3, -0.25) is 9.56 Å². The van der Waals surface area contributed by atoms with E-state index >= 15 is 0 Å². The number of morpholine rings is 1. The van der Waals surface area contributed by atoms with E-state index in [2.05, 4.69) is 57.9 Å². The summed E-state index contributed by atoms with van der Waals surface area (Å²) in [6.45, 7) is 8.64. The zero-order valence-corrected chi connectivity index (χ0v) is 20.2. The molecular weight excluding hydrogens is 434 g/mol. The molecule has 1 aliphatic carbocycles. The normalized spacial score (nSPS) is 19.5. The van der Waals surface area contributed by atoms with E-state index in [1.54, 1.807) is 11.3 Å². The second-order valence-corrected chi connectivity index (χ2v) is 9.97. The highest BCUT2D eigenvalue weighted by molar-refractivity contribution is 7.15. The summed E-state index contributed by atoms with van der Waals surface area (Å²) in [7, 11) is 2.11. The molecule has 1 aromatic carbocycles. The average molecular weight is 464 g/mol. The first-order valence-corrected chi connectivity index (χ1v) is 12.3. The predicted molar refractivity (Wildman–Crippen MR) is 130 cm³/mol. The van der Waals surface area contributed by atoms with Gasteiger partial charge in [0.2, 0.25) is 0 Å². The lowest BCUT2D eigenvalue weighted by Gasteiger charge is -2.21. The Kier molecular flexibility index (Phi) is 6.23. The summed E-state index contributed by atoms with van der Waals surface area (Å²) < 4.78 is 7.24. The number of ether oxygens (including phenoxy) is 1. The zero-order chi connectivity index (χ0) is 22.9. The molecule has 3 aliphatic rings. The molecule has 0 radical (unpaired) electrons. The van der Waals surface area contributed by atoms with Crippen molar-refractivity contribution in [2.45, 2.75) is 33.2 Å². The van der Waals surface area contributed by atoms with Gasteiger partial charge in [-0.05, 0) is 44.9 Å². The van der Waals surface area contributed by atoms with E-state index in [1.807, 2.05) is 6.92 Å².